The van der Waals surface area contributed by atoms with Crippen LogP contribution < -0.4 is 20.7 Å². The second-order valence-corrected chi connectivity index (χ2v) is 9.19. The van der Waals surface area contributed by atoms with E-state index in [9.17, 15) is 18.0 Å². The molecule has 5 rings (SSSR count). The molecular weight excluding hydrogens is 515 g/mol. The van der Waals surface area contributed by atoms with Crippen molar-refractivity contribution in [2.24, 2.45) is 0 Å². The zero-order valence-corrected chi connectivity index (χ0v) is 20.9. The van der Waals surface area contributed by atoms with Gasteiger partial charge in [-0.1, -0.05) is 19.3 Å². The van der Waals surface area contributed by atoms with Gasteiger partial charge in [0, 0.05) is 29.6 Å². The molecule has 0 aliphatic heterocycles. The summed E-state index contributed by atoms with van der Waals surface area (Å²) in [5.41, 5.74) is -0.0726. The lowest BCUT2D eigenvalue weighted by Gasteiger charge is -2.23. The highest BCUT2D eigenvalue weighted by Crippen LogP contribution is 2.39. The van der Waals surface area contributed by atoms with Gasteiger partial charge in [-0.25, -0.2) is 9.78 Å². The first-order valence-corrected chi connectivity index (χ1v) is 12.4. The molecule has 1 aliphatic carbocycles. The molecule has 1 saturated carbocycles. The molecule has 10 nitrogen and oxygen atoms in total. The van der Waals surface area contributed by atoms with Crippen LogP contribution >= 0.6 is 0 Å². The number of aromatic amines is 1. The van der Waals surface area contributed by atoms with Gasteiger partial charge in [0.2, 0.25) is 0 Å². The third-order valence-corrected chi connectivity index (χ3v) is 6.13. The van der Waals surface area contributed by atoms with Gasteiger partial charge in [0.15, 0.2) is 5.76 Å². The first kappa shape index (κ1) is 26.1. The molecule has 4 N–H and O–H groups in total. The second-order valence-electron chi connectivity index (χ2n) is 9.19. The third kappa shape index (κ3) is 6.67. The van der Waals surface area contributed by atoms with E-state index < -0.39 is 23.5 Å². The fraction of sp³-hybridized carbons (Fsp3) is 0.308. The Labute approximate surface area is 221 Å². The molecule has 13 heteroatoms. The predicted molar refractivity (Wildman–Crippen MR) is 137 cm³/mol. The molecular formula is C26H26F3N7O3. The number of alkyl halides is 3. The number of hydrogen-bond donors (Lipinski definition) is 4. The number of nitrogens with one attached hydrogen (secondary N) is 4. The van der Waals surface area contributed by atoms with Crippen molar-refractivity contribution in [2.45, 2.75) is 51.2 Å². The summed E-state index contributed by atoms with van der Waals surface area (Å²) in [4.78, 5) is 20.6. The van der Waals surface area contributed by atoms with Crippen LogP contribution in [0.3, 0.4) is 0 Å². The van der Waals surface area contributed by atoms with Crippen LogP contribution in [0.15, 0.2) is 53.1 Å². The van der Waals surface area contributed by atoms with Crippen molar-refractivity contribution >= 4 is 23.4 Å². The normalized spacial score (nSPS) is 14.2. The van der Waals surface area contributed by atoms with E-state index in [0.717, 1.165) is 44.2 Å². The molecule has 0 saturated heterocycles. The molecule has 2 amide bonds. The Kier molecular flexibility index (Phi) is 7.39. The molecule has 0 bridgehead atoms. The maximum atomic E-state index is 13.9. The Morgan fingerprint density at radius 1 is 1.10 bits per heavy atom. The van der Waals surface area contributed by atoms with Crippen molar-refractivity contribution in [3.8, 4) is 23.2 Å². The smallest absolute Gasteiger partial charge is 0.420 e. The van der Waals surface area contributed by atoms with Crippen LogP contribution in [-0.2, 0) is 6.18 Å². The third-order valence-electron chi connectivity index (χ3n) is 6.13. The number of halogens is 3. The van der Waals surface area contributed by atoms with Crippen molar-refractivity contribution < 1.29 is 27.1 Å². The standard InChI is InChI=1S/C26H26F3N7O3/c1-15-12-22(33-23-14-19(35-36-23)21-8-5-11-38-21)34-25(30-15)39-20-10-9-17(13-18(20)26(27,28)29)32-24(37)31-16-6-3-2-4-7-16/h5,8-14,16H,2-4,6-7H2,1H3,(H2,31,32,37)(H2,30,33,34,35,36). The number of H-pyrrole nitrogens is 1. The number of ether oxygens (including phenoxy) is 1. The van der Waals surface area contributed by atoms with Crippen LogP contribution in [0.2, 0.25) is 0 Å². The van der Waals surface area contributed by atoms with E-state index >= 15 is 0 Å². The largest absolute Gasteiger partial charge is 0.463 e. The van der Waals surface area contributed by atoms with Crippen molar-refractivity contribution in [2.75, 3.05) is 10.6 Å². The molecule has 0 radical (unpaired) electrons. The van der Waals surface area contributed by atoms with E-state index in [4.69, 9.17) is 9.15 Å². The van der Waals surface area contributed by atoms with Gasteiger partial charge in [-0.2, -0.15) is 23.3 Å². The minimum atomic E-state index is -4.75. The molecule has 204 valence electrons. The number of rotatable bonds is 7. The number of anilines is 3. The highest BCUT2D eigenvalue weighted by atomic mass is 19.4. The van der Waals surface area contributed by atoms with E-state index in [1.807, 2.05) is 0 Å². The number of hydrogen-bond acceptors (Lipinski definition) is 7. The molecule has 3 aromatic heterocycles. The van der Waals surface area contributed by atoms with Crippen LogP contribution in [0.25, 0.3) is 11.5 Å². The fourth-order valence-electron chi connectivity index (χ4n) is 4.34. The second kappa shape index (κ2) is 11.1. The summed E-state index contributed by atoms with van der Waals surface area (Å²) in [5.74, 6) is 0.812. The lowest BCUT2D eigenvalue weighted by Crippen LogP contribution is -2.39. The van der Waals surface area contributed by atoms with E-state index in [1.165, 1.54) is 12.3 Å². The summed E-state index contributed by atoms with van der Waals surface area (Å²) in [5, 5.41) is 15.3. The number of nitrogens with zero attached hydrogens (tertiary/aromatic N) is 3. The highest BCUT2D eigenvalue weighted by molar-refractivity contribution is 5.89. The summed E-state index contributed by atoms with van der Waals surface area (Å²) in [6.45, 7) is 1.66. The first-order chi connectivity index (χ1) is 18.7. The zero-order valence-electron chi connectivity index (χ0n) is 20.9. The van der Waals surface area contributed by atoms with Crippen molar-refractivity contribution in [1.29, 1.82) is 0 Å². The molecule has 1 aromatic carbocycles. The minimum absolute atomic E-state index is 0.0119. The van der Waals surface area contributed by atoms with Crippen molar-refractivity contribution in [3.63, 3.8) is 0 Å². The molecule has 39 heavy (non-hydrogen) atoms. The Balaban J connectivity index is 1.31. The van der Waals surface area contributed by atoms with Gasteiger partial charge in [0.05, 0.1) is 6.26 Å². The monoisotopic (exact) mass is 541 g/mol. The van der Waals surface area contributed by atoms with Gasteiger partial charge in [0.1, 0.15) is 28.6 Å². The van der Waals surface area contributed by atoms with Crippen LogP contribution in [0.1, 0.15) is 43.4 Å². The quantitative estimate of drug-likeness (QED) is 0.203. The summed E-state index contributed by atoms with van der Waals surface area (Å²) >= 11 is 0. The van der Waals surface area contributed by atoms with E-state index in [1.54, 1.807) is 31.2 Å². The number of benzene rings is 1. The molecule has 1 aliphatic rings. The summed E-state index contributed by atoms with van der Waals surface area (Å²) < 4.78 is 52.6. The molecule has 0 unspecified atom stereocenters. The summed E-state index contributed by atoms with van der Waals surface area (Å²) in [7, 11) is 0. The molecule has 3 heterocycles. The fourth-order valence-corrected chi connectivity index (χ4v) is 4.34. The molecule has 0 spiro atoms. The van der Waals surface area contributed by atoms with Crippen molar-refractivity contribution in [3.05, 3.63) is 60.0 Å². The van der Waals surface area contributed by atoms with Crippen LogP contribution in [-0.4, -0.2) is 32.2 Å². The van der Waals surface area contributed by atoms with Crippen LogP contribution in [0, 0.1) is 6.92 Å². The topological polar surface area (TPSA) is 130 Å². The number of urea groups is 1. The Bertz CT molecular complexity index is 1430. The summed E-state index contributed by atoms with van der Waals surface area (Å²) in [6, 6.07) is 9.25. The summed E-state index contributed by atoms with van der Waals surface area (Å²) in [6.07, 6.45) is 1.63. The highest BCUT2D eigenvalue weighted by Gasteiger charge is 2.35. The van der Waals surface area contributed by atoms with Gasteiger partial charge >= 0.3 is 18.2 Å². The van der Waals surface area contributed by atoms with Gasteiger partial charge in [-0.3, -0.25) is 5.10 Å². The number of aromatic nitrogens is 4. The lowest BCUT2D eigenvalue weighted by molar-refractivity contribution is -0.138. The van der Waals surface area contributed by atoms with Gasteiger partial charge in [0.25, 0.3) is 0 Å². The van der Waals surface area contributed by atoms with Gasteiger partial charge in [-0.05, 0) is 50.1 Å². The minimum Gasteiger partial charge on any atom is -0.463 e. The van der Waals surface area contributed by atoms with Gasteiger partial charge < -0.3 is 25.1 Å². The first-order valence-electron chi connectivity index (χ1n) is 12.4. The SMILES string of the molecule is Cc1cc(Nc2cc(-c3ccco3)n[nH]2)nc(Oc2ccc(NC(=O)NC3CCCCC3)cc2C(F)(F)F)n1. The maximum absolute atomic E-state index is 13.9. The molecule has 1 fully saturated rings. The number of amides is 2. The molecule has 4 aromatic rings. The zero-order chi connectivity index (χ0) is 27.4. The molecule has 0 atom stereocenters. The predicted octanol–water partition coefficient (Wildman–Crippen LogP) is 6.78. The average Bonchev–Trinajstić information content (AvgIpc) is 3.57. The number of carbonyl (C=O) groups excluding carboxylic acids is 1. The number of carbonyl (C=O) groups is 1. The Morgan fingerprint density at radius 3 is 2.67 bits per heavy atom. The van der Waals surface area contributed by atoms with Crippen molar-refractivity contribution in [1.82, 2.24) is 25.5 Å². The number of aryl methyl sites for hydroxylation is 1. The Morgan fingerprint density at radius 2 is 1.92 bits per heavy atom. The van der Waals surface area contributed by atoms with Gasteiger partial charge in [-0.15, -0.1) is 0 Å². The van der Waals surface area contributed by atoms with E-state index in [-0.39, 0.29) is 23.6 Å². The lowest BCUT2D eigenvalue weighted by atomic mass is 9.96. The number of furan rings is 1. The average molecular weight is 542 g/mol. The van der Waals surface area contributed by atoms with E-state index in [0.29, 0.717) is 23.0 Å². The van der Waals surface area contributed by atoms with E-state index in [2.05, 4.69) is 36.1 Å². The van der Waals surface area contributed by atoms with Crippen LogP contribution in [0.5, 0.6) is 11.8 Å². The maximum Gasteiger partial charge on any atom is 0.420 e. The Hall–Kier alpha value is -4.55. The van der Waals surface area contributed by atoms with Crippen LogP contribution in [0.4, 0.5) is 35.3 Å².